The third-order valence-electron chi connectivity index (χ3n) is 13.7. The third kappa shape index (κ3) is 15.9. The second-order valence-corrected chi connectivity index (χ2v) is 20.3. The predicted molar refractivity (Wildman–Crippen MR) is 285 cm³/mol. The first-order valence-corrected chi connectivity index (χ1v) is 26.6. The van der Waals surface area contributed by atoms with E-state index in [1.54, 1.807) is 20.8 Å². The van der Waals surface area contributed by atoms with Gasteiger partial charge in [0, 0.05) is 44.4 Å². The van der Waals surface area contributed by atoms with Crippen LogP contribution in [0.1, 0.15) is 145 Å². The maximum absolute atomic E-state index is 13.8. The van der Waals surface area contributed by atoms with E-state index in [9.17, 15) is 28.8 Å². The van der Waals surface area contributed by atoms with E-state index in [0.29, 0.717) is 45.3 Å². The number of unbranched alkanes of at least 4 members (excludes halogenated alkanes) is 2. The molecule has 0 saturated carbocycles. The van der Waals surface area contributed by atoms with Gasteiger partial charge in [0.05, 0.1) is 12.1 Å². The Morgan fingerprint density at radius 3 is 1.91 bits per heavy atom. The normalized spacial score (nSPS) is 16.2. The number of rotatable bonds is 25. The number of fused-ring (bicyclic) bond motifs is 5. The molecule has 2 unspecified atom stereocenters. The Kier molecular flexibility index (Phi) is 20.1. The van der Waals surface area contributed by atoms with Crippen LogP contribution in [0.4, 0.5) is 9.59 Å². The van der Waals surface area contributed by atoms with Crippen LogP contribution in [0.25, 0.3) is 16.7 Å². The van der Waals surface area contributed by atoms with Gasteiger partial charge in [-0.1, -0.05) is 84.9 Å². The summed E-state index contributed by atoms with van der Waals surface area (Å²) in [6.45, 7) is 6.95. The van der Waals surface area contributed by atoms with Gasteiger partial charge in [0.1, 0.15) is 30.9 Å². The summed E-state index contributed by atoms with van der Waals surface area (Å²) in [6, 6.07) is 22.7. The Balaban J connectivity index is 0.900. The number of carbonyl (C=O) groups is 6. The molecule has 0 spiro atoms. The van der Waals surface area contributed by atoms with Gasteiger partial charge in [-0.05, 0) is 148 Å². The van der Waals surface area contributed by atoms with E-state index < -0.39 is 47.7 Å². The van der Waals surface area contributed by atoms with Crippen molar-refractivity contribution in [2.24, 2.45) is 0 Å². The van der Waals surface area contributed by atoms with Crippen molar-refractivity contribution >= 4 is 41.5 Å². The molecule has 0 fully saturated rings. The second kappa shape index (κ2) is 27.2. The average molecular weight is 1010 g/mol. The molecule has 3 atom stereocenters. The quantitative estimate of drug-likeness (QED) is 0.0206. The zero-order chi connectivity index (χ0) is 52.3. The molecule has 7 rings (SSSR count). The maximum atomic E-state index is 13.8. The third-order valence-corrected chi connectivity index (χ3v) is 13.7. The van der Waals surface area contributed by atoms with Gasteiger partial charge in [-0.2, -0.15) is 0 Å². The minimum Gasteiger partial charge on any atom is -0.460 e. The number of alkyl carbamates (subject to hydrolysis) is 2. The minimum absolute atomic E-state index is 0.0619. The Hall–Kier alpha value is -7.12. The molecule has 3 aromatic rings. The summed E-state index contributed by atoms with van der Waals surface area (Å²) in [6.07, 6.45) is 13.3. The minimum atomic E-state index is -0.933. The standard InChI is InChI=1S/C59H74N6O9/c1-59(2,3)74-54(67)33-32-53(66)64-51(55(68)62-37-36-60-40-20-6-4-5-7-21-40)30-16-18-34-61-56(69)52(65-58(71)73-39-50-47-28-14-10-24-43(47)44-25-11-15-29-48(44)50)31-17-19-35-63-57(70)72-38-49-45-26-12-8-22-41(45)42-23-9-13-27-46(42)49/h6,8-10,12-15,22-24,26-29,49-52,60H,4-5,7,11,16-19,21,25,30-39H2,1-3H3,(H,61,69)(H,62,68)(H,63,70)(H,64,66)(H,65,71)/t50?,51-,52?/m0/s1. The van der Waals surface area contributed by atoms with Gasteiger partial charge in [-0.15, -0.1) is 5.73 Å². The van der Waals surface area contributed by atoms with Crippen LogP contribution < -0.4 is 31.9 Å². The molecule has 0 saturated heterocycles. The summed E-state index contributed by atoms with van der Waals surface area (Å²) in [5, 5.41) is 17.7. The SMILES string of the molecule is CC(C)(C)OC(=O)CCC(=O)N[C@@H](CCCCNC(=O)C(CCCCNC(=O)OCC1c2ccccc2-c2ccccc21)NC(=O)OCC1C2=C(CCC=C2)c2ccccc21)C(=O)NCCNC1=C=CCCCC1. The monoisotopic (exact) mass is 1010 g/mol. The lowest BCUT2D eigenvalue weighted by Crippen LogP contribution is -2.48. The summed E-state index contributed by atoms with van der Waals surface area (Å²) in [4.78, 5) is 79.1. The van der Waals surface area contributed by atoms with Crippen LogP contribution in [0, 0.1) is 0 Å². The lowest BCUT2D eigenvalue weighted by molar-refractivity contribution is -0.155. The first kappa shape index (κ1) is 54.6. The van der Waals surface area contributed by atoms with Crippen LogP contribution in [0.3, 0.4) is 0 Å². The van der Waals surface area contributed by atoms with Gasteiger partial charge >= 0.3 is 18.2 Å². The van der Waals surface area contributed by atoms with E-state index in [-0.39, 0.29) is 63.2 Å². The molecule has 4 aliphatic carbocycles. The zero-order valence-electron chi connectivity index (χ0n) is 43.3. The highest BCUT2D eigenvalue weighted by molar-refractivity contribution is 5.89. The van der Waals surface area contributed by atoms with E-state index >= 15 is 0 Å². The van der Waals surface area contributed by atoms with E-state index in [1.165, 1.54) is 11.1 Å². The molecule has 0 aliphatic heterocycles. The number of nitrogens with one attached hydrogen (secondary N) is 6. The van der Waals surface area contributed by atoms with E-state index in [1.807, 2.05) is 42.5 Å². The number of benzene rings is 3. The highest BCUT2D eigenvalue weighted by atomic mass is 16.6. The highest BCUT2D eigenvalue weighted by Gasteiger charge is 2.33. The van der Waals surface area contributed by atoms with Crippen molar-refractivity contribution in [3.63, 3.8) is 0 Å². The Morgan fingerprint density at radius 1 is 0.622 bits per heavy atom. The largest absolute Gasteiger partial charge is 0.460 e. The van der Waals surface area contributed by atoms with Crippen LogP contribution >= 0.6 is 0 Å². The highest BCUT2D eigenvalue weighted by Crippen LogP contribution is 2.47. The van der Waals surface area contributed by atoms with Gasteiger partial charge in [0.25, 0.3) is 0 Å². The molecule has 0 aromatic heterocycles. The van der Waals surface area contributed by atoms with Crippen LogP contribution in [-0.4, -0.2) is 93.0 Å². The lowest BCUT2D eigenvalue weighted by Gasteiger charge is -2.21. The molecule has 3 aromatic carbocycles. The fraction of sp³-hybridized carbons (Fsp3) is 0.475. The number of carbonyl (C=O) groups excluding carboxylic acids is 6. The number of allylic oxidation sites excluding steroid dienone is 4. The smallest absolute Gasteiger partial charge is 0.407 e. The molecular formula is C59H74N6O9. The molecule has 0 bridgehead atoms. The van der Waals surface area contributed by atoms with Crippen molar-refractivity contribution in [2.45, 2.75) is 140 Å². The number of esters is 1. The van der Waals surface area contributed by atoms with Crippen LogP contribution in [-0.2, 0) is 33.4 Å². The number of hydrogen-bond acceptors (Lipinski definition) is 10. The zero-order valence-corrected chi connectivity index (χ0v) is 43.3. The van der Waals surface area contributed by atoms with Gasteiger partial charge in [-0.25, -0.2) is 9.59 Å². The van der Waals surface area contributed by atoms with E-state index in [0.717, 1.165) is 77.6 Å². The van der Waals surface area contributed by atoms with Gasteiger partial charge < -0.3 is 46.1 Å². The summed E-state index contributed by atoms with van der Waals surface area (Å²) in [7, 11) is 0. The summed E-state index contributed by atoms with van der Waals surface area (Å²) >= 11 is 0. The molecule has 0 heterocycles. The van der Waals surface area contributed by atoms with Crippen molar-refractivity contribution in [3.8, 4) is 11.1 Å². The number of ether oxygens (including phenoxy) is 3. The van der Waals surface area contributed by atoms with Crippen molar-refractivity contribution < 1.29 is 43.0 Å². The van der Waals surface area contributed by atoms with Gasteiger partial charge in [0.2, 0.25) is 17.7 Å². The maximum Gasteiger partial charge on any atom is 0.407 e. The van der Waals surface area contributed by atoms with Crippen LogP contribution in [0.2, 0.25) is 0 Å². The number of hydrogen-bond donors (Lipinski definition) is 6. The summed E-state index contributed by atoms with van der Waals surface area (Å²) in [5.41, 5.74) is 12.9. The van der Waals surface area contributed by atoms with Crippen molar-refractivity contribution in [3.05, 3.63) is 130 Å². The summed E-state index contributed by atoms with van der Waals surface area (Å²) < 4.78 is 16.9. The molecule has 74 heavy (non-hydrogen) atoms. The molecule has 4 aliphatic rings. The Morgan fingerprint density at radius 2 is 1.22 bits per heavy atom. The average Bonchev–Trinajstić information content (AvgIpc) is 3.74. The molecule has 15 heteroatoms. The second-order valence-electron chi connectivity index (χ2n) is 20.3. The first-order chi connectivity index (χ1) is 35.8. The summed E-state index contributed by atoms with van der Waals surface area (Å²) in [5.74, 6) is -1.87. The van der Waals surface area contributed by atoms with Crippen molar-refractivity contribution in [1.82, 2.24) is 31.9 Å². The Bertz CT molecular complexity index is 2560. The molecule has 0 radical (unpaired) electrons. The first-order valence-electron chi connectivity index (χ1n) is 26.6. The van der Waals surface area contributed by atoms with Crippen LogP contribution in [0.15, 0.2) is 108 Å². The molecular weight excluding hydrogens is 937 g/mol. The molecule has 6 N–H and O–H groups in total. The Labute approximate surface area is 435 Å². The fourth-order valence-corrected chi connectivity index (χ4v) is 10.1. The fourth-order valence-electron chi connectivity index (χ4n) is 10.1. The van der Waals surface area contributed by atoms with E-state index in [4.69, 9.17) is 14.2 Å². The van der Waals surface area contributed by atoms with Crippen molar-refractivity contribution in [1.29, 1.82) is 0 Å². The van der Waals surface area contributed by atoms with Gasteiger partial charge in [0.15, 0.2) is 0 Å². The van der Waals surface area contributed by atoms with Gasteiger partial charge in [-0.3, -0.25) is 19.2 Å². The lowest BCUT2D eigenvalue weighted by atomic mass is 9.93. The van der Waals surface area contributed by atoms with E-state index in [2.05, 4.69) is 86.2 Å². The molecule has 15 nitrogen and oxygen atoms in total. The van der Waals surface area contributed by atoms with Crippen LogP contribution in [0.5, 0.6) is 0 Å². The topological polar surface area (TPSA) is 202 Å². The van der Waals surface area contributed by atoms with Crippen molar-refractivity contribution in [2.75, 3.05) is 39.4 Å². The number of amides is 5. The predicted octanol–water partition coefficient (Wildman–Crippen LogP) is 8.90. The molecule has 394 valence electrons. The molecule has 5 amide bonds.